The molecule has 1 aromatic carbocycles. The minimum Gasteiger partial charge on any atom is -0.481 e. The molecule has 100 valence electrons. The SMILES string of the molecule is CC(CC(=O)O)C(=O)c1ccc2c(c1)SNC(=O)C2. The minimum atomic E-state index is -0.986. The van der Waals surface area contributed by atoms with Gasteiger partial charge >= 0.3 is 5.97 Å². The van der Waals surface area contributed by atoms with Crippen molar-refractivity contribution in [3.05, 3.63) is 29.3 Å². The van der Waals surface area contributed by atoms with Crippen LogP contribution in [0.4, 0.5) is 0 Å². The monoisotopic (exact) mass is 279 g/mol. The number of nitrogens with one attached hydrogen (secondary N) is 1. The highest BCUT2D eigenvalue weighted by Gasteiger charge is 2.21. The van der Waals surface area contributed by atoms with E-state index in [0.29, 0.717) is 12.0 Å². The van der Waals surface area contributed by atoms with Gasteiger partial charge in [-0.25, -0.2) is 0 Å². The van der Waals surface area contributed by atoms with Crippen LogP contribution in [0.2, 0.25) is 0 Å². The van der Waals surface area contributed by atoms with Crippen LogP contribution in [-0.2, 0) is 16.0 Å². The maximum atomic E-state index is 12.1. The zero-order valence-electron chi connectivity index (χ0n) is 10.3. The first-order chi connectivity index (χ1) is 8.97. The maximum absolute atomic E-state index is 12.1. The Labute approximate surface area is 114 Å². The van der Waals surface area contributed by atoms with Crippen molar-refractivity contribution in [2.24, 2.45) is 5.92 Å². The molecule has 1 aliphatic heterocycles. The summed E-state index contributed by atoms with van der Waals surface area (Å²) < 4.78 is 2.64. The predicted octanol–water partition coefficient (Wildman–Crippen LogP) is 1.66. The second kappa shape index (κ2) is 5.44. The molecule has 1 amide bonds. The molecule has 1 aliphatic rings. The molecule has 0 aromatic heterocycles. The molecule has 2 rings (SSSR count). The highest BCUT2D eigenvalue weighted by atomic mass is 32.2. The first-order valence-corrected chi connectivity index (χ1v) is 6.63. The van der Waals surface area contributed by atoms with Crippen molar-refractivity contribution in [2.45, 2.75) is 24.7 Å². The summed E-state index contributed by atoms with van der Waals surface area (Å²) in [4.78, 5) is 34.7. The summed E-state index contributed by atoms with van der Waals surface area (Å²) in [6.07, 6.45) is 0.126. The lowest BCUT2D eigenvalue weighted by atomic mass is 9.95. The summed E-state index contributed by atoms with van der Waals surface area (Å²) in [5, 5.41) is 8.70. The molecule has 0 aliphatic carbocycles. The van der Waals surface area contributed by atoms with E-state index < -0.39 is 11.9 Å². The van der Waals surface area contributed by atoms with Gasteiger partial charge in [0.25, 0.3) is 0 Å². The molecule has 0 spiro atoms. The summed E-state index contributed by atoms with van der Waals surface area (Å²) in [6, 6.07) is 5.11. The predicted molar refractivity (Wildman–Crippen MR) is 69.9 cm³/mol. The lowest BCUT2D eigenvalue weighted by molar-refractivity contribution is -0.137. The molecule has 1 unspecified atom stereocenters. The quantitative estimate of drug-likeness (QED) is 0.647. The molecule has 0 saturated carbocycles. The lowest BCUT2D eigenvalue weighted by Crippen LogP contribution is -2.23. The van der Waals surface area contributed by atoms with Gasteiger partial charge in [0.15, 0.2) is 5.78 Å². The number of rotatable bonds is 4. The summed E-state index contributed by atoms with van der Waals surface area (Å²) >= 11 is 1.19. The number of carbonyl (C=O) groups is 3. The van der Waals surface area contributed by atoms with E-state index >= 15 is 0 Å². The molecule has 2 N–H and O–H groups in total. The van der Waals surface area contributed by atoms with Crippen LogP contribution in [0.3, 0.4) is 0 Å². The number of hydrogen-bond acceptors (Lipinski definition) is 4. The smallest absolute Gasteiger partial charge is 0.304 e. The van der Waals surface area contributed by atoms with Crippen molar-refractivity contribution in [1.82, 2.24) is 4.72 Å². The second-order valence-electron chi connectivity index (χ2n) is 4.49. The van der Waals surface area contributed by atoms with E-state index in [1.54, 1.807) is 25.1 Å². The second-order valence-corrected chi connectivity index (χ2v) is 5.34. The van der Waals surface area contributed by atoms with Crippen molar-refractivity contribution in [3.8, 4) is 0 Å². The molecule has 0 saturated heterocycles. The van der Waals surface area contributed by atoms with Crippen LogP contribution in [0.15, 0.2) is 23.1 Å². The zero-order valence-corrected chi connectivity index (χ0v) is 11.1. The highest BCUT2D eigenvalue weighted by Crippen LogP contribution is 2.27. The molecule has 5 nitrogen and oxygen atoms in total. The first-order valence-electron chi connectivity index (χ1n) is 5.82. The largest absolute Gasteiger partial charge is 0.481 e. The topological polar surface area (TPSA) is 83.5 Å². The van der Waals surface area contributed by atoms with Crippen LogP contribution in [0, 0.1) is 5.92 Å². The standard InChI is InChI=1S/C13H13NO4S/c1-7(4-12(16)17)13(18)9-3-2-8-6-11(15)14-19-10(8)5-9/h2-3,5,7H,4,6H2,1H3,(H,14,15)(H,16,17). The Bertz CT molecular complexity index is 556. The number of ketones is 1. The third-order valence-corrected chi connectivity index (χ3v) is 3.84. The Morgan fingerprint density at radius 2 is 2.21 bits per heavy atom. The number of fused-ring (bicyclic) bond motifs is 1. The fraction of sp³-hybridized carbons (Fsp3) is 0.308. The number of carboxylic acid groups (broad SMARTS) is 1. The summed E-state index contributed by atoms with van der Waals surface area (Å²) in [6.45, 7) is 1.60. The number of benzene rings is 1. The van der Waals surface area contributed by atoms with Crippen LogP contribution in [0.25, 0.3) is 0 Å². The van der Waals surface area contributed by atoms with Gasteiger partial charge in [-0.3, -0.25) is 19.1 Å². The molecular weight excluding hydrogens is 266 g/mol. The third kappa shape index (κ3) is 3.14. The van der Waals surface area contributed by atoms with Crippen LogP contribution in [0.1, 0.15) is 29.3 Å². The third-order valence-electron chi connectivity index (χ3n) is 2.91. The summed E-state index contributed by atoms with van der Waals surface area (Å²) in [5.41, 5.74) is 1.37. The van der Waals surface area contributed by atoms with Gasteiger partial charge in [0.05, 0.1) is 12.8 Å². The van der Waals surface area contributed by atoms with E-state index in [4.69, 9.17) is 5.11 Å². The van der Waals surface area contributed by atoms with Gasteiger partial charge in [0.1, 0.15) is 0 Å². The Morgan fingerprint density at radius 1 is 1.47 bits per heavy atom. The first kappa shape index (κ1) is 13.6. The van der Waals surface area contributed by atoms with Crippen molar-refractivity contribution >= 4 is 29.6 Å². The van der Waals surface area contributed by atoms with E-state index in [1.807, 2.05) is 0 Å². The van der Waals surface area contributed by atoms with Crippen LogP contribution in [0.5, 0.6) is 0 Å². The zero-order chi connectivity index (χ0) is 14.0. The van der Waals surface area contributed by atoms with Crippen LogP contribution in [-0.4, -0.2) is 22.8 Å². The number of carboxylic acids is 1. The van der Waals surface area contributed by atoms with Gasteiger partial charge in [-0.2, -0.15) is 0 Å². The molecule has 6 heteroatoms. The Hall–Kier alpha value is -1.82. The van der Waals surface area contributed by atoms with Crippen molar-refractivity contribution < 1.29 is 19.5 Å². The van der Waals surface area contributed by atoms with Crippen LogP contribution < -0.4 is 4.72 Å². The Kier molecular flexibility index (Phi) is 3.90. The summed E-state index contributed by atoms with van der Waals surface area (Å²) in [5.74, 6) is -1.79. The van der Waals surface area contributed by atoms with Gasteiger partial charge < -0.3 is 5.11 Å². The molecular formula is C13H13NO4S. The van der Waals surface area contributed by atoms with E-state index in [2.05, 4.69) is 4.72 Å². The van der Waals surface area contributed by atoms with E-state index in [0.717, 1.165) is 10.5 Å². The summed E-state index contributed by atoms with van der Waals surface area (Å²) in [7, 11) is 0. The molecule has 0 radical (unpaired) electrons. The maximum Gasteiger partial charge on any atom is 0.304 e. The van der Waals surface area contributed by atoms with Crippen molar-refractivity contribution in [3.63, 3.8) is 0 Å². The van der Waals surface area contributed by atoms with Gasteiger partial charge in [0.2, 0.25) is 5.91 Å². The number of hydrogen-bond donors (Lipinski definition) is 2. The van der Waals surface area contributed by atoms with Crippen molar-refractivity contribution in [2.75, 3.05) is 0 Å². The number of carbonyl (C=O) groups excluding carboxylic acids is 2. The van der Waals surface area contributed by atoms with E-state index in [-0.39, 0.29) is 18.1 Å². The number of Topliss-reactive ketones (excluding diaryl/α,β-unsaturated/α-hetero) is 1. The molecule has 1 aromatic rings. The van der Waals surface area contributed by atoms with Gasteiger partial charge in [-0.1, -0.05) is 19.1 Å². The van der Waals surface area contributed by atoms with Crippen molar-refractivity contribution in [1.29, 1.82) is 0 Å². The fourth-order valence-corrected chi connectivity index (χ4v) is 2.66. The Morgan fingerprint density at radius 3 is 2.89 bits per heavy atom. The molecule has 1 heterocycles. The van der Waals surface area contributed by atoms with Gasteiger partial charge in [-0.15, -0.1) is 0 Å². The average Bonchev–Trinajstić information content (AvgIpc) is 2.36. The fourth-order valence-electron chi connectivity index (χ4n) is 1.91. The minimum absolute atomic E-state index is 0.0594. The molecule has 0 fully saturated rings. The molecule has 19 heavy (non-hydrogen) atoms. The normalized spacial score (nSPS) is 15.3. The van der Waals surface area contributed by atoms with E-state index in [9.17, 15) is 14.4 Å². The Balaban J connectivity index is 2.20. The van der Waals surface area contributed by atoms with Crippen LogP contribution >= 0.6 is 11.9 Å². The lowest BCUT2D eigenvalue weighted by Gasteiger charge is -2.16. The molecule has 1 atom stereocenters. The van der Waals surface area contributed by atoms with Gasteiger partial charge in [-0.05, 0) is 23.6 Å². The van der Waals surface area contributed by atoms with Gasteiger partial charge in [0, 0.05) is 16.4 Å². The number of amides is 1. The van der Waals surface area contributed by atoms with E-state index in [1.165, 1.54) is 11.9 Å². The average molecular weight is 279 g/mol. The highest BCUT2D eigenvalue weighted by molar-refractivity contribution is 7.98. The number of aliphatic carboxylic acids is 1. The molecule has 0 bridgehead atoms.